The Balaban J connectivity index is 1.26. The summed E-state index contributed by atoms with van der Waals surface area (Å²) in [5, 5.41) is 2.20. The highest BCUT2D eigenvalue weighted by Crippen LogP contribution is 2.59. The quantitative estimate of drug-likeness (QED) is 0.185. The summed E-state index contributed by atoms with van der Waals surface area (Å²) >= 11 is 0. The minimum absolute atomic E-state index is 0.530. The molecule has 0 N–H and O–H groups in total. The van der Waals surface area contributed by atoms with E-state index in [4.69, 9.17) is 4.42 Å². The number of benzene rings is 8. The lowest BCUT2D eigenvalue weighted by Gasteiger charge is -2.36. The SMILES string of the molecule is C1=Cc2ccccc2C2(c3ccccc31)c1ccccc1-c1ccc(N(c3ccccc3-c3ccccc3)c3cccc4oc5ccccc5c34)cc12. The fraction of sp³-hybridized carbons (Fsp3) is 0.0196. The summed E-state index contributed by atoms with van der Waals surface area (Å²) in [6, 6.07) is 68.3. The Morgan fingerprint density at radius 2 is 0.981 bits per heavy atom. The topological polar surface area (TPSA) is 16.4 Å². The highest BCUT2D eigenvalue weighted by Gasteiger charge is 2.48. The molecule has 0 radical (unpaired) electrons. The van der Waals surface area contributed by atoms with Gasteiger partial charge in [0.05, 0.1) is 22.2 Å². The molecule has 0 saturated heterocycles. The predicted molar refractivity (Wildman–Crippen MR) is 220 cm³/mol. The number of nitrogens with zero attached hydrogens (tertiary/aromatic N) is 1. The zero-order valence-electron chi connectivity index (χ0n) is 28.9. The van der Waals surface area contributed by atoms with Gasteiger partial charge in [0, 0.05) is 16.6 Å². The van der Waals surface area contributed by atoms with Crippen molar-refractivity contribution in [2.24, 2.45) is 0 Å². The zero-order valence-corrected chi connectivity index (χ0v) is 28.9. The van der Waals surface area contributed by atoms with E-state index in [0.717, 1.165) is 44.6 Å². The summed E-state index contributed by atoms with van der Waals surface area (Å²) in [7, 11) is 0. The van der Waals surface area contributed by atoms with Crippen molar-refractivity contribution in [3.05, 3.63) is 221 Å². The molecule has 1 aromatic heterocycles. The number of rotatable bonds is 4. The third-order valence-electron chi connectivity index (χ3n) is 11.3. The Hall–Kier alpha value is -6.90. The van der Waals surface area contributed by atoms with Crippen LogP contribution in [0.2, 0.25) is 0 Å². The van der Waals surface area contributed by atoms with Crippen molar-refractivity contribution >= 4 is 51.2 Å². The second-order valence-corrected chi connectivity index (χ2v) is 14.0. The molecule has 11 rings (SSSR count). The van der Waals surface area contributed by atoms with E-state index in [1.807, 2.05) is 6.07 Å². The van der Waals surface area contributed by atoms with Crippen molar-refractivity contribution in [3.63, 3.8) is 0 Å². The predicted octanol–water partition coefficient (Wildman–Crippen LogP) is 13.6. The van der Waals surface area contributed by atoms with Gasteiger partial charge >= 0.3 is 0 Å². The van der Waals surface area contributed by atoms with Gasteiger partial charge in [-0.2, -0.15) is 0 Å². The van der Waals surface area contributed by atoms with Crippen LogP contribution < -0.4 is 4.90 Å². The van der Waals surface area contributed by atoms with E-state index in [-0.39, 0.29) is 0 Å². The molecule has 0 aliphatic heterocycles. The van der Waals surface area contributed by atoms with Gasteiger partial charge in [0.1, 0.15) is 11.2 Å². The van der Waals surface area contributed by atoms with Gasteiger partial charge in [0.2, 0.25) is 0 Å². The van der Waals surface area contributed by atoms with Crippen molar-refractivity contribution in [2.75, 3.05) is 4.90 Å². The van der Waals surface area contributed by atoms with Crippen LogP contribution >= 0.6 is 0 Å². The van der Waals surface area contributed by atoms with Crippen LogP contribution in [0.25, 0.3) is 56.3 Å². The second-order valence-electron chi connectivity index (χ2n) is 14.0. The molecule has 1 heterocycles. The van der Waals surface area contributed by atoms with E-state index in [0.29, 0.717) is 0 Å². The van der Waals surface area contributed by atoms with E-state index in [1.165, 1.54) is 50.1 Å². The molecule has 2 nitrogen and oxygen atoms in total. The van der Waals surface area contributed by atoms with Crippen LogP contribution in [0.3, 0.4) is 0 Å². The summed E-state index contributed by atoms with van der Waals surface area (Å²) < 4.78 is 6.49. The Morgan fingerprint density at radius 1 is 0.396 bits per heavy atom. The van der Waals surface area contributed by atoms with E-state index in [2.05, 4.69) is 199 Å². The molecule has 0 saturated carbocycles. The molecular weight excluding hydrogens is 643 g/mol. The minimum atomic E-state index is -0.530. The maximum absolute atomic E-state index is 6.49. The van der Waals surface area contributed by atoms with Crippen molar-refractivity contribution in [1.82, 2.24) is 0 Å². The third-order valence-corrected chi connectivity index (χ3v) is 11.3. The summed E-state index contributed by atoms with van der Waals surface area (Å²) in [5.41, 5.74) is 17.0. The first-order valence-corrected chi connectivity index (χ1v) is 18.3. The van der Waals surface area contributed by atoms with Crippen LogP contribution in [0.4, 0.5) is 17.1 Å². The molecule has 0 fully saturated rings. The fourth-order valence-corrected chi connectivity index (χ4v) is 9.16. The highest BCUT2D eigenvalue weighted by molar-refractivity contribution is 6.14. The van der Waals surface area contributed by atoms with Gasteiger partial charge in [-0.25, -0.2) is 0 Å². The van der Waals surface area contributed by atoms with Crippen LogP contribution in [-0.2, 0) is 5.41 Å². The van der Waals surface area contributed by atoms with Gasteiger partial charge in [-0.15, -0.1) is 0 Å². The van der Waals surface area contributed by atoms with Crippen LogP contribution in [-0.4, -0.2) is 0 Å². The molecule has 2 heteroatoms. The van der Waals surface area contributed by atoms with Gasteiger partial charge in [-0.1, -0.05) is 164 Å². The molecule has 0 bridgehead atoms. The number of para-hydroxylation sites is 2. The Kier molecular flexibility index (Phi) is 6.50. The number of hydrogen-bond acceptors (Lipinski definition) is 2. The van der Waals surface area contributed by atoms with Crippen molar-refractivity contribution in [3.8, 4) is 22.3 Å². The molecule has 8 aromatic carbocycles. The third kappa shape index (κ3) is 4.27. The average molecular weight is 676 g/mol. The van der Waals surface area contributed by atoms with Gasteiger partial charge in [0.25, 0.3) is 0 Å². The number of hydrogen-bond donors (Lipinski definition) is 0. The largest absolute Gasteiger partial charge is 0.456 e. The normalized spacial score (nSPS) is 13.4. The first kappa shape index (κ1) is 29.8. The van der Waals surface area contributed by atoms with Crippen molar-refractivity contribution in [2.45, 2.75) is 5.41 Å². The molecule has 2 aliphatic rings. The lowest BCUT2D eigenvalue weighted by molar-refractivity contribution is 0.669. The molecule has 9 aromatic rings. The molecule has 0 amide bonds. The maximum Gasteiger partial charge on any atom is 0.137 e. The zero-order chi connectivity index (χ0) is 34.9. The summed E-state index contributed by atoms with van der Waals surface area (Å²) in [4.78, 5) is 2.45. The van der Waals surface area contributed by atoms with Crippen LogP contribution in [0, 0.1) is 0 Å². The van der Waals surface area contributed by atoms with Gasteiger partial charge in [-0.3, -0.25) is 0 Å². The van der Waals surface area contributed by atoms with Gasteiger partial charge in [-0.05, 0) is 86.5 Å². The van der Waals surface area contributed by atoms with Crippen LogP contribution in [0.5, 0.6) is 0 Å². The summed E-state index contributed by atoms with van der Waals surface area (Å²) in [6.45, 7) is 0. The van der Waals surface area contributed by atoms with Crippen LogP contribution in [0.15, 0.2) is 192 Å². The van der Waals surface area contributed by atoms with E-state index in [9.17, 15) is 0 Å². The molecule has 248 valence electrons. The molecule has 0 unspecified atom stereocenters. The number of fused-ring (bicyclic) bond motifs is 12. The summed E-state index contributed by atoms with van der Waals surface area (Å²) in [5.74, 6) is 0. The lowest BCUT2D eigenvalue weighted by atomic mass is 9.66. The molecule has 0 atom stereocenters. The van der Waals surface area contributed by atoms with Crippen molar-refractivity contribution in [1.29, 1.82) is 0 Å². The first-order chi connectivity index (χ1) is 26.3. The Labute approximate surface area is 308 Å². The monoisotopic (exact) mass is 675 g/mol. The molecular formula is C51H33NO. The van der Waals surface area contributed by atoms with Gasteiger partial charge < -0.3 is 9.32 Å². The first-order valence-electron chi connectivity index (χ1n) is 18.3. The fourth-order valence-electron chi connectivity index (χ4n) is 9.16. The summed E-state index contributed by atoms with van der Waals surface area (Å²) in [6.07, 6.45) is 4.58. The lowest BCUT2D eigenvalue weighted by Crippen LogP contribution is -2.30. The standard InChI is InChI=1S/C51H33NO/c1-2-15-34(16-3-1)38-19-7-12-25-46(38)52(47-26-14-28-49-50(47)41-21-8-13-27-48(41)53-49)37-31-32-40-39-20-6-11-24-44(39)51(45(40)33-37)42-22-9-4-17-35(42)29-30-36-18-5-10-23-43(36)51/h1-33H. The smallest absolute Gasteiger partial charge is 0.137 e. The average Bonchev–Trinajstić information content (AvgIpc) is 3.70. The van der Waals surface area contributed by atoms with Crippen LogP contribution in [0.1, 0.15) is 33.4 Å². The number of anilines is 3. The van der Waals surface area contributed by atoms with Gasteiger partial charge in [0.15, 0.2) is 0 Å². The Bertz CT molecular complexity index is 2860. The molecule has 2 aliphatic carbocycles. The maximum atomic E-state index is 6.49. The second kappa shape index (κ2) is 11.6. The number of furan rings is 1. The Morgan fingerprint density at radius 3 is 1.77 bits per heavy atom. The molecule has 1 spiro atoms. The van der Waals surface area contributed by atoms with E-state index >= 15 is 0 Å². The van der Waals surface area contributed by atoms with Crippen molar-refractivity contribution < 1.29 is 4.42 Å². The molecule has 53 heavy (non-hydrogen) atoms. The van der Waals surface area contributed by atoms with E-state index in [1.54, 1.807) is 0 Å². The highest BCUT2D eigenvalue weighted by atomic mass is 16.3. The minimum Gasteiger partial charge on any atom is -0.456 e. The van der Waals surface area contributed by atoms with E-state index < -0.39 is 5.41 Å².